The van der Waals surface area contributed by atoms with Crippen molar-refractivity contribution in [3.63, 3.8) is 0 Å². The maximum atomic E-state index is 12.7. The van der Waals surface area contributed by atoms with E-state index >= 15 is 0 Å². The van der Waals surface area contributed by atoms with E-state index in [0.717, 1.165) is 18.5 Å². The van der Waals surface area contributed by atoms with Crippen LogP contribution in [0.4, 0.5) is 24.8 Å². The molecule has 0 atom stereocenters. The first-order valence-electron chi connectivity index (χ1n) is 5.62. The summed E-state index contributed by atoms with van der Waals surface area (Å²) in [5.41, 5.74) is -1.35. The van der Waals surface area contributed by atoms with Gasteiger partial charge < -0.3 is 5.32 Å². The van der Waals surface area contributed by atoms with Crippen LogP contribution in [0.15, 0.2) is 24.5 Å². The van der Waals surface area contributed by atoms with Crippen molar-refractivity contribution < 1.29 is 22.8 Å². The van der Waals surface area contributed by atoms with Crippen LogP contribution in [0.2, 0.25) is 5.02 Å². The average Bonchev–Trinajstić information content (AvgIpc) is 2.92. The molecule has 0 aliphatic rings. The lowest BCUT2D eigenvalue weighted by atomic mass is 10.2. The number of nitrogens with one attached hydrogen (secondary N) is 3. The van der Waals surface area contributed by atoms with Gasteiger partial charge in [0.25, 0.3) is 0 Å². The molecule has 7 nitrogen and oxygen atoms in total. The van der Waals surface area contributed by atoms with Crippen molar-refractivity contribution in [2.45, 2.75) is 6.18 Å². The molecule has 0 spiro atoms. The predicted molar refractivity (Wildman–Crippen MR) is 70.1 cm³/mol. The van der Waals surface area contributed by atoms with E-state index in [2.05, 4.69) is 20.5 Å². The molecule has 2 aromatic rings. The lowest BCUT2D eigenvalue weighted by molar-refractivity contribution is -0.137. The molecule has 1 aromatic heterocycles. The predicted octanol–water partition coefficient (Wildman–Crippen LogP) is 2.05. The summed E-state index contributed by atoms with van der Waals surface area (Å²) in [4.78, 5) is 26.6. The Morgan fingerprint density at radius 3 is 2.45 bits per heavy atom. The summed E-state index contributed by atoms with van der Waals surface area (Å²) in [6.07, 6.45) is -3.58. The highest BCUT2D eigenvalue weighted by atomic mass is 35.5. The van der Waals surface area contributed by atoms with Crippen molar-refractivity contribution in [3.8, 4) is 0 Å². The average molecular weight is 334 g/mol. The van der Waals surface area contributed by atoms with Crippen molar-refractivity contribution in [2.75, 3.05) is 10.6 Å². The molecule has 3 N–H and O–H groups in total. The van der Waals surface area contributed by atoms with E-state index in [1.807, 2.05) is 5.32 Å². The van der Waals surface area contributed by atoms with Crippen molar-refractivity contribution in [2.24, 2.45) is 0 Å². The summed E-state index contributed by atoms with van der Waals surface area (Å²) in [7, 11) is 0. The van der Waals surface area contributed by atoms with Gasteiger partial charge in [-0.3, -0.25) is 14.9 Å². The molecule has 2 amide bonds. The van der Waals surface area contributed by atoms with Gasteiger partial charge in [-0.05, 0) is 18.2 Å². The number of H-pyrrole nitrogens is 1. The number of amides is 2. The van der Waals surface area contributed by atoms with Gasteiger partial charge in [-0.2, -0.15) is 23.3 Å². The fourth-order valence-electron chi connectivity index (χ4n) is 1.44. The fourth-order valence-corrected chi connectivity index (χ4v) is 1.66. The largest absolute Gasteiger partial charge is 0.417 e. The van der Waals surface area contributed by atoms with Gasteiger partial charge in [0.05, 0.1) is 10.6 Å². The second-order valence-corrected chi connectivity index (χ2v) is 4.34. The van der Waals surface area contributed by atoms with E-state index < -0.39 is 28.6 Å². The number of halogens is 4. The van der Waals surface area contributed by atoms with E-state index in [9.17, 15) is 22.8 Å². The number of hydrogen-bond acceptors (Lipinski definition) is 4. The molecule has 0 fully saturated rings. The first-order valence-corrected chi connectivity index (χ1v) is 5.99. The third-order valence-corrected chi connectivity index (χ3v) is 2.71. The van der Waals surface area contributed by atoms with Crippen LogP contribution >= 0.6 is 11.6 Å². The second kappa shape index (κ2) is 6.02. The molecule has 0 aliphatic carbocycles. The van der Waals surface area contributed by atoms with Crippen LogP contribution < -0.4 is 10.6 Å². The monoisotopic (exact) mass is 333 g/mol. The van der Waals surface area contributed by atoms with E-state index in [4.69, 9.17) is 11.6 Å². The Morgan fingerprint density at radius 1 is 1.18 bits per heavy atom. The summed E-state index contributed by atoms with van der Waals surface area (Å²) in [5.74, 6) is -2.38. The number of carbonyl (C=O) groups excluding carboxylic acids is 2. The third kappa shape index (κ3) is 3.73. The minimum absolute atomic E-state index is 0.0766. The zero-order valence-electron chi connectivity index (χ0n) is 10.5. The van der Waals surface area contributed by atoms with Crippen LogP contribution in [-0.2, 0) is 15.8 Å². The first kappa shape index (κ1) is 15.8. The van der Waals surface area contributed by atoms with Gasteiger partial charge >= 0.3 is 18.0 Å². The van der Waals surface area contributed by atoms with Crippen LogP contribution in [0, 0.1) is 0 Å². The minimum Gasteiger partial charge on any atom is -0.318 e. The Bertz CT molecular complexity index is 702. The highest BCUT2D eigenvalue weighted by Gasteiger charge is 2.33. The van der Waals surface area contributed by atoms with E-state index in [1.54, 1.807) is 0 Å². The first-order chi connectivity index (χ1) is 10.3. The zero-order chi connectivity index (χ0) is 16.3. The number of benzene rings is 1. The van der Waals surface area contributed by atoms with Gasteiger partial charge in [0.1, 0.15) is 6.33 Å². The smallest absolute Gasteiger partial charge is 0.318 e. The normalized spacial score (nSPS) is 11.1. The Hall–Kier alpha value is -2.62. The molecule has 11 heteroatoms. The van der Waals surface area contributed by atoms with E-state index in [1.165, 1.54) is 0 Å². The van der Waals surface area contributed by atoms with Crippen LogP contribution in [0.25, 0.3) is 0 Å². The molecule has 0 bridgehead atoms. The summed E-state index contributed by atoms with van der Waals surface area (Å²) in [6, 6.07) is 2.73. The highest BCUT2D eigenvalue weighted by Crippen LogP contribution is 2.36. The summed E-state index contributed by atoms with van der Waals surface area (Å²) >= 11 is 5.44. The number of alkyl halides is 3. The van der Waals surface area contributed by atoms with Crippen LogP contribution in [0.1, 0.15) is 5.56 Å². The summed E-state index contributed by atoms with van der Waals surface area (Å²) in [6.45, 7) is 0. The number of rotatable bonds is 2. The van der Waals surface area contributed by atoms with E-state index in [0.29, 0.717) is 6.07 Å². The van der Waals surface area contributed by atoms with Crippen molar-refractivity contribution in [1.29, 1.82) is 0 Å². The van der Waals surface area contributed by atoms with Gasteiger partial charge in [0, 0.05) is 5.69 Å². The van der Waals surface area contributed by atoms with Gasteiger partial charge in [-0.1, -0.05) is 11.6 Å². The Kier molecular flexibility index (Phi) is 4.31. The topological polar surface area (TPSA) is 99.8 Å². The van der Waals surface area contributed by atoms with Crippen molar-refractivity contribution in [3.05, 3.63) is 35.1 Å². The number of carbonyl (C=O) groups is 2. The van der Waals surface area contributed by atoms with Crippen LogP contribution in [0.5, 0.6) is 0 Å². The molecule has 0 saturated heterocycles. The molecule has 116 valence electrons. The van der Waals surface area contributed by atoms with Gasteiger partial charge in [-0.25, -0.2) is 5.10 Å². The molecule has 0 saturated carbocycles. The minimum atomic E-state index is -4.68. The Balaban J connectivity index is 2.10. The summed E-state index contributed by atoms with van der Waals surface area (Å²) in [5, 5.41) is 9.30. The molecule has 0 aliphatic heterocycles. The number of aromatic amines is 1. The quantitative estimate of drug-likeness (QED) is 0.732. The summed E-state index contributed by atoms with van der Waals surface area (Å²) < 4.78 is 38.0. The van der Waals surface area contributed by atoms with Crippen molar-refractivity contribution >= 4 is 35.1 Å². The molecule has 1 aromatic carbocycles. The molecule has 0 unspecified atom stereocenters. The number of hydrogen-bond donors (Lipinski definition) is 3. The maximum absolute atomic E-state index is 12.7. The standard InChI is InChI=1S/C11H7ClF3N5O2/c12-7-2-1-5(3-6(7)11(13,14)15)18-8(21)9(22)19-10-16-4-17-20-10/h1-4H,(H,18,21)(H2,16,17,19,20,22). The lowest BCUT2D eigenvalue weighted by Crippen LogP contribution is -2.29. The molecule has 2 rings (SSSR count). The molecule has 1 heterocycles. The van der Waals surface area contributed by atoms with Gasteiger partial charge in [-0.15, -0.1) is 0 Å². The SMILES string of the molecule is O=C(Nc1ccc(Cl)c(C(F)(F)F)c1)C(=O)Nc1ncn[nH]1. The fraction of sp³-hybridized carbons (Fsp3) is 0.0909. The third-order valence-electron chi connectivity index (χ3n) is 2.38. The molecule has 0 radical (unpaired) electrons. The second-order valence-electron chi connectivity index (χ2n) is 3.93. The van der Waals surface area contributed by atoms with Crippen LogP contribution in [-0.4, -0.2) is 27.0 Å². The number of aromatic nitrogens is 3. The van der Waals surface area contributed by atoms with E-state index in [-0.39, 0.29) is 11.6 Å². The zero-order valence-corrected chi connectivity index (χ0v) is 11.3. The Morgan fingerprint density at radius 2 is 1.86 bits per heavy atom. The van der Waals surface area contributed by atoms with Gasteiger partial charge in [0.15, 0.2) is 0 Å². The molecular formula is C11H7ClF3N5O2. The Labute approximate surface area is 125 Å². The number of anilines is 2. The molecular weight excluding hydrogens is 327 g/mol. The molecule has 22 heavy (non-hydrogen) atoms. The lowest BCUT2D eigenvalue weighted by Gasteiger charge is -2.11. The van der Waals surface area contributed by atoms with Crippen molar-refractivity contribution in [1.82, 2.24) is 15.2 Å². The highest BCUT2D eigenvalue weighted by molar-refractivity contribution is 6.43. The number of nitrogens with zero attached hydrogens (tertiary/aromatic N) is 2. The maximum Gasteiger partial charge on any atom is 0.417 e. The van der Waals surface area contributed by atoms with Gasteiger partial charge in [0.2, 0.25) is 5.95 Å². The van der Waals surface area contributed by atoms with Crippen LogP contribution in [0.3, 0.4) is 0 Å².